The van der Waals surface area contributed by atoms with Crippen molar-refractivity contribution in [3.8, 4) is 5.75 Å². The van der Waals surface area contributed by atoms with Crippen LogP contribution >= 0.6 is 0 Å². The lowest BCUT2D eigenvalue weighted by Crippen LogP contribution is -2.22. The molecule has 0 aliphatic rings. The van der Waals surface area contributed by atoms with E-state index in [9.17, 15) is 19.5 Å². The first kappa shape index (κ1) is 41.9. The minimum atomic E-state index is -1.09. The third-order valence-corrected chi connectivity index (χ3v) is 6.38. The van der Waals surface area contributed by atoms with Gasteiger partial charge in [-0.3, -0.25) is 9.59 Å². The van der Waals surface area contributed by atoms with Gasteiger partial charge in [-0.1, -0.05) is 100 Å². The number of esters is 2. The Morgan fingerprint density at radius 2 is 1.39 bits per heavy atom. The molecule has 0 fully saturated rings. The van der Waals surface area contributed by atoms with Crippen LogP contribution in [-0.4, -0.2) is 29.2 Å². The molecule has 7 nitrogen and oxygen atoms in total. The number of hydrogen-bond donors (Lipinski definition) is 2. The van der Waals surface area contributed by atoms with Crippen LogP contribution in [0.3, 0.4) is 0 Å². The zero-order chi connectivity index (χ0) is 34.3. The molecular formula is C39H57NO6. The maximum absolute atomic E-state index is 12.4. The van der Waals surface area contributed by atoms with E-state index >= 15 is 0 Å². The first-order valence-electron chi connectivity index (χ1n) is 16.6. The second-order valence-corrected chi connectivity index (χ2v) is 10.6. The van der Waals surface area contributed by atoms with Gasteiger partial charge in [-0.25, -0.2) is 4.79 Å². The van der Waals surface area contributed by atoms with E-state index in [1.54, 1.807) is 6.08 Å². The number of allylic oxidation sites excluding steroid dienone is 10. The fourth-order valence-electron chi connectivity index (χ4n) is 3.95. The van der Waals surface area contributed by atoms with Gasteiger partial charge in [0.2, 0.25) is 12.2 Å². The molecule has 1 aromatic carbocycles. The van der Waals surface area contributed by atoms with Crippen molar-refractivity contribution in [3.05, 3.63) is 97.7 Å². The first-order valence-corrected chi connectivity index (χ1v) is 16.6. The summed E-state index contributed by atoms with van der Waals surface area (Å²) < 4.78 is 10.3. The van der Waals surface area contributed by atoms with Crippen molar-refractivity contribution in [2.75, 3.05) is 5.32 Å². The maximum atomic E-state index is 12.4. The lowest BCUT2D eigenvalue weighted by Gasteiger charge is -2.15. The summed E-state index contributed by atoms with van der Waals surface area (Å²) in [5.74, 6) is -1.77. The maximum Gasteiger partial charge on any atom is 0.345 e. The van der Waals surface area contributed by atoms with Crippen molar-refractivity contribution in [2.24, 2.45) is 0 Å². The number of phenols is 1. The molecule has 0 spiro atoms. The molecular weight excluding hydrogens is 578 g/mol. The third-order valence-electron chi connectivity index (χ3n) is 6.38. The SMILES string of the molecule is C=CC/C=C\C/C=C\C/C=C\CC.C=CC/C=C\CCCC(=O)Nc1ccc(O)c(C(=O)OC(C)OC(=O)CCCCCCC)c1. The van der Waals surface area contributed by atoms with Crippen LogP contribution < -0.4 is 5.32 Å². The smallest absolute Gasteiger partial charge is 0.345 e. The largest absolute Gasteiger partial charge is 0.507 e. The van der Waals surface area contributed by atoms with Crippen LogP contribution in [0.15, 0.2) is 92.1 Å². The highest BCUT2D eigenvalue weighted by Crippen LogP contribution is 2.23. The fourth-order valence-corrected chi connectivity index (χ4v) is 3.95. The van der Waals surface area contributed by atoms with Gasteiger partial charge in [0, 0.05) is 25.5 Å². The molecule has 2 N–H and O–H groups in total. The van der Waals surface area contributed by atoms with E-state index in [1.165, 1.54) is 25.1 Å². The molecule has 1 rings (SSSR count). The molecule has 0 saturated carbocycles. The van der Waals surface area contributed by atoms with Gasteiger partial charge in [0.25, 0.3) is 0 Å². The van der Waals surface area contributed by atoms with Crippen molar-refractivity contribution in [3.63, 3.8) is 0 Å². The van der Waals surface area contributed by atoms with E-state index in [1.807, 2.05) is 18.2 Å². The summed E-state index contributed by atoms with van der Waals surface area (Å²) in [6.07, 6.45) is 31.8. The molecule has 0 bridgehead atoms. The molecule has 1 aromatic rings. The van der Waals surface area contributed by atoms with Gasteiger partial charge in [0.15, 0.2) is 0 Å². The average Bonchev–Trinajstić information content (AvgIpc) is 3.03. The fraction of sp³-hybridized carbons (Fsp3) is 0.462. The van der Waals surface area contributed by atoms with Crippen LogP contribution in [0.1, 0.15) is 121 Å². The van der Waals surface area contributed by atoms with Gasteiger partial charge >= 0.3 is 11.9 Å². The molecule has 0 radical (unpaired) electrons. The standard InChI is InChI=1S/C26H37NO6.C13H20/c1-4-6-8-10-12-13-15-24(29)27-21-17-18-23(28)22(19-21)26(31)33-20(3)32-25(30)16-14-11-9-7-5-2;1-3-5-7-9-11-13-12-10-8-6-4-2/h4,8,10,17-20,28H,1,5-7,9,11-16H2,2-3H3,(H,27,29);3,6-9,12-13H,1,4-5,10-11H2,2H3/b10-8-;8-6-,9-7-,13-12-. The normalized spacial score (nSPS) is 11.8. The summed E-state index contributed by atoms with van der Waals surface area (Å²) in [5.41, 5.74) is 0.242. The number of ether oxygens (including phenoxy) is 2. The lowest BCUT2D eigenvalue weighted by atomic mass is 10.1. The molecule has 0 heterocycles. The van der Waals surface area contributed by atoms with E-state index in [-0.39, 0.29) is 23.6 Å². The van der Waals surface area contributed by atoms with E-state index in [0.717, 1.165) is 70.6 Å². The highest BCUT2D eigenvalue weighted by Gasteiger charge is 2.19. The number of nitrogens with one attached hydrogen (secondary N) is 1. The number of anilines is 1. The first-order chi connectivity index (χ1) is 22.3. The Morgan fingerprint density at radius 1 is 0.783 bits per heavy atom. The molecule has 1 atom stereocenters. The van der Waals surface area contributed by atoms with Crippen molar-refractivity contribution in [1.29, 1.82) is 0 Å². The number of hydrogen-bond acceptors (Lipinski definition) is 6. The summed E-state index contributed by atoms with van der Waals surface area (Å²) >= 11 is 0. The summed E-state index contributed by atoms with van der Waals surface area (Å²) in [5, 5.41) is 12.7. The van der Waals surface area contributed by atoms with Crippen LogP contribution in [0, 0.1) is 0 Å². The zero-order valence-electron chi connectivity index (χ0n) is 28.4. The number of rotatable bonds is 23. The molecule has 0 aromatic heterocycles. The molecule has 0 aliphatic carbocycles. The number of benzene rings is 1. The zero-order valence-corrected chi connectivity index (χ0v) is 28.4. The predicted octanol–water partition coefficient (Wildman–Crippen LogP) is 10.5. The van der Waals surface area contributed by atoms with E-state index in [4.69, 9.17) is 9.47 Å². The van der Waals surface area contributed by atoms with Gasteiger partial charge in [0.1, 0.15) is 11.3 Å². The summed E-state index contributed by atoms with van der Waals surface area (Å²) in [6.45, 7) is 13.0. The van der Waals surface area contributed by atoms with Crippen LogP contribution in [0.5, 0.6) is 5.75 Å². The molecule has 46 heavy (non-hydrogen) atoms. The van der Waals surface area contributed by atoms with Crippen LogP contribution in [-0.2, 0) is 19.1 Å². The van der Waals surface area contributed by atoms with Crippen LogP contribution in [0.2, 0.25) is 0 Å². The van der Waals surface area contributed by atoms with Crippen molar-refractivity contribution < 1.29 is 29.0 Å². The number of aromatic hydroxyl groups is 1. The number of unbranched alkanes of at least 4 members (excludes halogenated alkanes) is 5. The summed E-state index contributed by atoms with van der Waals surface area (Å²) in [4.78, 5) is 36.4. The Bertz CT molecular complexity index is 1130. The number of amides is 1. The van der Waals surface area contributed by atoms with Crippen molar-refractivity contribution in [2.45, 2.75) is 117 Å². The van der Waals surface area contributed by atoms with E-state index < -0.39 is 18.2 Å². The van der Waals surface area contributed by atoms with E-state index in [2.05, 4.69) is 68.8 Å². The molecule has 0 aliphatic heterocycles. The topological polar surface area (TPSA) is 102 Å². The Morgan fingerprint density at radius 3 is 2.02 bits per heavy atom. The lowest BCUT2D eigenvalue weighted by molar-refractivity contribution is -0.165. The minimum Gasteiger partial charge on any atom is -0.507 e. The molecule has 1 amide bonds. The van der Waals surface area contributed by atoms with Gasteiger partial charge in [-0.2, -0.15) is 0 Å². The van der Waals surface area contributed by atoms with Crippen molar-refractivity contribution >= 4 is 23.5 Å². The monoisotopic (exact) mass is 635 g/mol. The molecule has 1 unspecified atom stereocenters. The second-order valence-electron chi connectivity index (χ2n) is 10.6. The van der Waals surface area contributed by atoms with Crippen LogP contribution in [0.4, 0.5) is 5.69 Å². The van der Waals surface area contributed by atoms with E-state index in [0.29, 0.717) is 18.5 Å². The molecule has 0 saturated heterocycles. The third kappa shape index (κ3) is 24.2. The Hall–Kier alpha value is -4.13. The van der Waals surface area contributed by atoms with Gasteiger partial charge in [-0.15, -0.1) is 13.2 Å². The number of carbonyl (C=O) groups excluding carboxylic acids is 3. The Kier molecular flexibility index (Phi) is 26.9. The number of carbonyl (C=O) groups is 3. The van der Waals surface area contributed by atoms with Crippen molar-refractivity contribution in [1.82, 2.24) is 0 Å². The Balaban J connectivity index is 0.00000131. The predicted molar refractivity (Wildman–Crippen MR) is 191 cm³/mol. The van der Waals surface area contributed by atoms with Gasteiger partial charge in [-0.05, 0) is 69.6 Å². The average molecular weight is 636 g/mol. The Labute approximate surface area is 277 Å². The second kappa shape index (κ2) is 29.6. The van der Waals surface area contributed by atoms with Gasteiger partial charge in [0.05, 0.1) is 0 Å². The highest BCUT2D eigenvalue weighted by atomic mass is 16.7. The van der Waals surface area contributed by atoms with Gasteiger partial charge < -0.3 is 19.9 Å². The highest BCUT2D eigenvalue weighted by molar-refractivity contribution is 5.96. The molecule has 7 heteroatoms. The summed E-state index contributed by atoms with van der Waals surface area (Å²) in [6, 6.07) is 4.13. The summed E-state index contributed by atoms with van der Waals surface area (Å²) in [7, 11) is 0. The molecule has 254 valence electrons. The minimum absolute atomic E-state index is 0.123. The van der Waals surface area contributed by atoms with Crippen LogP contribution in [0.25, 0.3) is 0 Å². The quantitative estimate of drug-likeness (QED) is 0.0408. The number of phenolic OH excluding ortho intramolecular Hbond substituents is 1.